The van der Waals surface area contributed by atoms with Crippen molar-refractivity contribution in [3.63, 3.8) is 0 Å². The van der Waals surface area contributed by atoms with E-state index in [1.807, 2.05) is 4.90 Å². The molecule has 0 amide bonds. The zero-order valence-corrected chi connectivity index (χ0v) is 10.8. The molecule has 2 rings (SSSR count). The molecule has 0 radical (unpaired) electrons. The Hall–Kier alpha value is -1.15. The fourth-order valence-electron chi connectivity index (χ4n) is 1.78. The number of carboxylic acids is 1. The summed E-state index contributed by atoms with van der Waals surface area (Å²) in [5.74, 6) is -0.876. The third kappa shape index (κ3) is 2.58. The van der Waals surface area contributed by atoms with Gasteiger partial charge in [-0.05, 0) is 6.92 Å². The van der Waals surface area contributed by atoms with Crippen LogP contribution in [0.5, 0.6) is 0 Å². The smallest absolute Gasteiger partial charge is 0.355 e. The molecule has 1 aromatic heterocycles. The van der Waals surface area contributed by atoms with Gasteiger partial charge < -0.3 is 10.0 Å². The largest absolute Gasteiger partial charge is 0.476 e. The normalized spacial score (nSPS) is 23.6. The Morgan fingerprint density at radius 2 is 2.35 bits per heavy atom. The van der Waals surface area contributed by atoms with E-state index in [0.717, 1.165) is 0 Å². The van der Waals surface area contributed by atoms with Crippen molar-refractivity contribution in [2.24, 2.45) is 0 Å². The predicted octanol–water partition coefficient (Wildman–Crippen LogP) is 0.465. The molecule has 1 atom stereocenters. The molecule has 1 fully saturated rings. The minimum atomic E-state index is -2.96. The number of thiazole rings is 1. The van der Waals surface area contributed by atoms with Crippen LogP contribution in [0.2, 0.25) is 0 Å². The molecule has 8 heteroatoms. The Balaban J connectivity index is 2.20. The number of carbonyl (C=O) groups is 1. The number of nitrogens with zero attached hydrogens (tertiary/aromatic N) is 2. The lowest BCUT2D eigenvalue weighted by atomic mass is 10.3. The Morgan fingerprint density at radius 3 is 2.88 bits per heavy atom. The second kappa shape index (κ2) is 4.26. The lowest BCUT2D eigenvalue weighted by Crippen LogP contribution is -2.47. The Morgan fingerprint density at radius 1 is 1.65 bits per heavy atom. The van der Waals surface area contributed by atoms with Crippen molar-refractivity contribution < 1.29 is 18.3 Å². The third-order valence-electron chi connectivity index (χ3n) is 2.63. The number of sulfone groups is 1. The van der Waals surface area contributed by atoms with Gasteiger partial charge in [0, 0.05) is 18.0 Å². The molecule has 1 aliphatic rings. The van der Waals surface area contributed by atoms with Gasteiger partial charge in [0.05, 0.1) is 11.5 Å². The van der Waals surface area contributed by atoms with E-state index >= 15 is 0 Å². The summed E-state index contributed by atoms with van der Waals surface area (Å²) < 4.78 is 22.8. The van der Waals surface area contributed by atoms with Crippen LogP contribution in [-0.4, -0.2) is 48.6 Å². The van der Waals surface area contributed by atoms with E-state index in [0.29, 0.717) is 11.7 Å². The summed E-state index contributed by atoms with van der Waals surface area (Å²) in [7, 11) is -2.96. The van der Waals surface area contributed by atoms with Gasteiger partial charge in [0.15, 0.2) is 20.7 Å². The molecule has 6 nitrogen and oxygen atoms in total. The van der Waals surface area contributed by atoms with Crippen LogP contribution in [0.4, 0.5) is 5.13 Å². The summed E-state index contributed by atoms with van der Waals surface area (Å²) in [5, 5.41) is 10.8. The van der Waals surface area contributed by atoms with Crippen LogP contribution in [0.15, 0.2) is 5.38 Å². The highest BCUT2D eigenvalue weighted by Crippen LogP contribution is 2.25. The summed E-state index contributed by atoms with van der Waals surface area (Å²) >= 11 is 1.23. The standard InChI is InChI=1S/C9H12N2O4S2/c1-6-5-17(14,15)3-2-11(6)9-10-7(4-16-9)8(12)13/h4,6H,2-3,5H2,1H3,(H,12,13). The molecule has 94 valence electrons. The average Bonchev–Trinajstić information content (AvgIpc) is 2.65. The summed E-state index contributed by atoms with van der Waals surface area (Å²) in [6, 6.07) is -0.165. The molecule has 2 heterocycles. The number of aromatic nitrogens is 1. The topological polar surface area (TPSA) is 87.6 Å². The van der Waals surface area contributed by atoms with Crippen LogP contribution in [-0.2, 0) is 9.84 Å². The monoisotopic (exact) mass is 276 g/mol. The zero-order chi connectivity index (χ0) is 12.6. The molecule has 1 unspecified atom stereocenters. The lowest BCUT2D eigenvalue weighted by Gasteiger charge is -2.32. The van der Waals surface area contributed by atoms with Crippen molar-refractivity contribution in [1.82, 2.24) is 4.98 Å². The first-order valence-electron chi connectivity index (χ1n) is 5.05. The average molecular weight is 276 g/mol. The van der Waals surface area contributed by atoms with Crippen LogP contribution in [0, 0.1) is 0 Å². The zero-order valence-electron chi connectivity index (χ0n) is 9.16. The molecule has 0 aliphatic carbocycles. The van der Waals surface area contributed by atoms with E-state index in [1.54, 1.807) is 6.92 Å². The second-order valence-corrected chi connectivity index (χ2v) is 7.04. The first kappa shape index (κ1) is 12.3. The predicted molar refractivity (Wildman–Crippen MR) is 64.5 cm³/mol. The Bertz CT molecular complexity index is 537. The molecule has 1 saturated heterocycles. The molecule has 0 saturated carbocycles. The minimum Gasteiger partial charge on any atom is -0.476 e. The van der Waals surface area contributed by atoms with Crippen molar-refractivity contribution >= 4 is 32.3 Å². The SMILES string of the molecule is CC1CS(=O)(=O)CCN1c1nc(C(=O)O)cs1. The van der Waals surface area contributed by atoms with Crippen molar-refractivity contribution in [2.75, 3.05) is 23.0 Å². The molecular formula is C9H12N2O4S2. The molecule has 17 heavy (non-hydrogen) atoms. The van der Waals surface area contributed by atoms with E-state index in [9.17, 15) is 13.2 Å². The fourth-order valence-corrected chi connectivity index (χ4v) is 4.26. The number of rotatable bonds is 2. The number of hydrogen-bond donors (Lipinski definition) is 1. The van der Waals surface area contributed by atoms with Gasteiger partial charge in [-0.2, -0.15) is 0 Å². The second-order valence-electron chi connectivity index (χ2n) is 3.98. The Kier molecular flexibility index (Phi) is 3.09. The van der Waals surface area contributed by atoms with Gasteiger partial charge >= 0.3 is 5.97 Å². The molecule has 0 aromatic carbocycles. The molecule has 0 spiro atoms. The number of carboxylic acid groups (broad SMARTS) is 1. The highest BCUT2D eigenvalue weighted by atomic mass is 32.2. The molecule has 1 N–H and O–H groups in total. The van der Waals surface area contributed by atoms with Gasteiger partial charge in [-0.25, -0.2) is 18.2 Å². The van der Waals surface area contributed by atoms with Crippen LogP contribution in [0.3, 0.4) is 0 Å². The molecular weight excluding hydrogens is 264 g/mol. The summed E-state index contributed by atoms with van der Waals surface area (Å²) in [4.78, 5) is 16.5. The van der Waals surface area contributed by atoms with Crippen LogP contribution in [0.1, 0.15) is 17.4 Å². The summed E-state index contributed by atoms with van der Waals surface area (Å²) in [5.41, 5.74) is 0.00521. The van der Waals surface area contributed by atoms with E-state index in [2.05, 4.69) is 4.98 Å². The van der Waals surface area contributed by atoms with Gasteiger partial charge in [0.1, 0.15) is 0 Å². The maximum absolute atomic E-state index is 11.4. The van der Waals surface area contributed by atoms with E-state index in [4.69, 9.17) is 5.11 Å². The number of aromatic carboxylic acids is 1. The van der Waals surface area contributed by atoms with E-state index in [-0.39, 0.29) is 23.2 Å². The Labute approximate surface area is 103 Å². The van der Waals surface area contributed by atoms with Gasteiger partial charge in [-0.3, -0.25) is 0 Å². The fraction of sp³-hybridized carbons (Fsp3) is 0.556. The van der Waals surface area contributed by atoms with Gasteiger partial charge in [0.25, 0.3) is 0 Å². The summed E-state index contributed by atoms with van der Waals surface area (Å²) in [6.07, 6.45) is 0. The quantitative estimate of drug-likeness (QED) is 0.844. The highest BCUT2D eigenvalue weighted by molar-refractivity contribution is 7.91. The highest BCUT2D eigenvalue weighted by Gasteiger charge is 2.30. The van der Waals surface area contributed by atoms with Gasteiger partial charge in [-0.15, -0.1) is 11.3 Å². The maximum Gasteiger partial charge on any atom is 0.355 e. The van der Waals surface area contributed by atoms with E-state index < -0.39 is 15.8 Å². The first-order valence-corrected chi connectivity index (χ1v) is 7.75. The van der Waals surface area contributed by atoms with Crippen molar-refractivity contribution in [2.45, 2.75) is 13.0 Å². The number of anilines is 1. The van der Waals surface area contributed by atoms with Crippen LogP contribution >= 0.6 is 11.3 Å². The van der Waals surface area contributed by atoms with Crippen molar-refractivity contribution in [3.05, 3.63) is 11.1 Å². The van der Waals surface area contributed by atoms with Gasteiger partial charge in [0.2, 0.25) is 0 Å². The van der Waals surface area contributed by atoms with Crippen molar-refractivity contribution in [3.8, 4) is 0 Å². The molecule has 1 aliphatic heterocycles. The molecule has 0 bridgehead atoms. The maximum atomic E-state index is 11.4. The van der Waals surface area contributed by atoms with E-state index in [1.165, 1.54) is 16.7 Å². The van der Waals surface area contributed by atoms with Crippen LogP contribution < -0.4 is 4.90 Å². The third-order valence-corrected chi connectivity index (χ3v) is 5.30. The van der Waals surface area contributed by atoms with Gasteiger partial charge in [-0.1, -0.05) is 0 Å². The molecule has 1 aromatic rings. The lowest BCUT2D eigenvalue weighted by molar-refractivity contribution is 0.0691. The minimum absolute atomic E-state index is 0.00521. The van der Waals surface area contributed by atoms with Crippen LogP contribution in [0.25, 0.3) is 0 Å². The summed E-state index contributed by atoms with van der Waals surface area (Å²) in [6.45, 7) is 2.18. The first-order chi connectivity index (χ1) is 7.89. The number of hydrogen-bond acceptors (Lipinski definition) is 6. The van der Waals surface area contributed by atoms with Crippen molar-refractivity contribution in [1.29, 1.82) is 0 Å².